The van der Waals surface area contributed by atoms with Gasteiger partial charge in [-0.15, -0.1) is 0 Å². The van der Waals surface area contributed by atoms with Gasteiger partial charge in [0.25, 0.3) is 0 Å². The molecule has 2 aromatic carbocycles. The highest BCUT2D eigenvalue weighted by atomic mass is 79.9. The fraction of sp³-hybridized carbons (Fsp3) is 0.278. The predicted octanol–water partition coefficient (Wildman–Crippen LogP) is 4.14. The summed E-state index contributed by atoms with van der Waals surface area (Å²) >= 11 is 3.43. The lowest BCUT2D eigenvalue weighted by Crippen LogP contribution is -2.31. The van der Waals surface area contributed by atoms with Crippen molar-refractivity contribution in [2.75, 3.05) is 19.0 Å². The van der Waals surface area contributed by atoms with E-state index in [1.165, 1.54) is 5.56 Å². The van der Waals surface area contributed by atoms with Gasteiger partial charge in [-0.1, -0.05) is 47.1 Å². The Morgan fingerprint density at radius 1 is 1.17 bits per heavy atom. The van der Waals surface area contributed by atoms with Gasteiger partial charge in [0.05, 0.1) is 19.3 Å². The summed E-state index contributed by atoms with van der Waals surface area (Å²) in [5.74, 6) is 0.561. The predicted molar refractivity (Wildman–Crippen MR) is 96.8 cm³/mol. The van der Waals surface area contributed by atoms with E-state index in [0.29, 0.717) is 11.4 Å². The molecule has 0 radical (unpaired) electrons. The van der Waals surface area contributed by atoms with Crippen molar-refractivity contribution in [3.05, 3.63) is 58.6 Å². The molecule has 0 bridgehead atoms. The minimum atomic E-state index is -0.0925. The molecule has 2 N–H and O–H groups in total. The molecule has 0 saturated heterocycles. The van der Waals surface area contributed by atoms with Gasteiger partial charge in [0.1, 0.15) is 5.75 Å². The maximum absolute atomic E-state index is 12.1. The van der Waals surface area contributed by atoms with Crippen molar-refractivity contribution in [2.45, 2.75) is 19.4 Å². The van der Waals surface area contributed by atoms with Gasteiger partial charge in [-0.25, -0.2) is 0 Å². The summed E-state index contributed by atoms with van der Waals surface area (Å²) in [6.45, 7) is 2.34. The molecule has 0 saturated carbocycles. The van der Waals surface area contributed by atoms with Crippen molar-refractivity contribution in [2.24, 2.45) is 0 Å². The summed E-state index contributed by atoms with van der Waals surface area (Å²) in [6.07, 6.45) is 0.906. The Hall–Kier alpha value is -1.85. The van der Waals surface area contributed by atoms with Gasteiger partial charge in [0.2, 0.25) is 5.91 Å². The third-order valence-corrected chi connectivity index (χ3v) is 4.10. The molecular formula is C18H21BrN2O2. The third kappa shape index (κ3) is 5.08. The molecule has 0 fully saturated rings. The largest absolute Gasteiger partial charge is 0.495 e. The summed E-state index contributed by atoms with van der Waals surface area (Å²) in [4.78, 5) is 12.1. The van der Waals surface area contributed by atoms with Crippen LogP contribution in [0.25, 0.3) is 0 Å². The summed E-state index contributed by atoms with van der Waals surface area (Å²) in [5, 5.41) is 6.16. The maximum Gasteiger partial charge on any atom is 0.238 e. The van der Waals surface area contributed by atoms with E-state index in [0.717, 1.165) is 10.9 Å². The van der Waals surface area contributed by atoms with Gasteiger partial charge < -0.3 is 15.4 Å². The number of hydrogen-bond acceptors (Lipinski definition) is 3. The monoisotopic (exact) mass is 376 g/mol. The SMILES string of the molecule is CC[C@H](NCC(=O)Nc1ccccc1OC)c1ccc(Br)cc1. The van der Waals surface area contributed by atoms with E-state index in [1.807, 2.05) is 36.4 Å². The van der Waals surface area contributed by atoms with Crippen LogP contribution < -0.4 is 15.4 Å². The second-order valence-electron chi connectivity index (χ2n) is 5.14. The van der Waals surface area contributed by atoms with Gasteiger partial charge in [0, 0.05) is 10.5 Å². The quantitative estimate of drug-likeness (QED) is 0.763. The third-order valence-electron chi connectivity index (χ3n) is 3.57. The molecule has 4 nitrogen and oxygen atoms in total. The number of ether oxygens (including phenoxy) is 1. The molecule has 0 aliphatic rings. The molecule has 23 heavy (non-hydrogen) atoms. The van der Waals surface area contributed by atoms with Crippen LogP contribution in [0.4, 0.5) is 5.69 Å². The van der Waals surface area contributed by atoms with Crippen LogP contribution in [0.1, 0.15) is 24.9 Å². The lowest BCUT2D eigenvalue weighted by atomic mass is 10.0. The van der Waals surface area contributed by atoms with Crippen LogP contribution in [0, 0.1) is 0 Å². The molecule has 0 aromatic heterocycles. The van der Waals surface area contributed by atoms with Crippen molar-refractivity contribution in [1.82, 2.24) is 5.32 Å². The Morgan fingerprint density at radius 2 is 1.87 bits per heavy atom. The molecule has 0 spiro atoms. The molecule has 2 aromatic rings. The molecule has 0 aliphatic heterocycles. The lowest BCUT2D eigenvalue weighted by molar-refractivity contribution is -0.115. The number of anilines is 1. The van der Waals surface area contributed by atoms with E-state index in [4.69, 9.17) is 4.74 Å². The van der Waals surface area contributed by atoms with Gasteiger partial charge in [0.15, 0.2) is 0 Å². The first kappa shape index (κ1) is 17.5. The molecule has 0 unspecified atom stereocenters. The van der Waals surface area contributed by atoms with E-state index in [1.54, 1.807) is 7.11 Å². The molecule has 0 heterocycles. The number of benzene rings is 2. The number of halogens is 1. The van der Waals surface area contributed by atoms with Crippen LogP contribution in [0.15, 0.2) is 53.0 Å². The second kappa shape index (κ2) is 8.70. The number of hydrogen-bond donors (Lipinski definition) is 2. The molecule has 0 aliphatic carbocycles. The number of nitrogens with one attached hydrogen (secondary N) is 2. The summed E-state index contributed by atoms with van der Waals surface area (Å²) in [6, 6.07) is 15.7. The first-order valence-corrected chi connectivity index (χ1v) is 8.35. The first-order chi connectivity index (χ1) is 11.1. The van der Waals surface area contributed by atoms with Crippen LogP contribution >= 0.6 is 15.9 Å². The Balaban J connectivity index is 1.93. The number of amides is 1. The highest BCUT2D eigenvalue weighted by Gasteiger charge is 2.12. The van der Waals surface area contributed by atoms with Crippen molar-refractivity contribution in [3.63, 3.8) is 0 Å². The zero-order valence-electron chi connectivity index (χ0n) is 13.3. The molecule has 122 valence electrons. The van der Waals surface area contributed by atoms with E-state index >= 15 is 0 Å². The number of para-hydroxylation sites is 2. The number of carbonyl (C=O) groups is 1. The lowest BCUT2D eigenvalue weighted by Gasteiger charge is -2.17. The van der Waals surface area contributed by atoms with Gasteiger partial charge in [-0.05, 0) is 36.2 Å². The van der Waals surface area contributed by atoms with Crippen molar-refractivity contribution < 1.29 is 9.53 Å². The normalized spacial score (nSPS) is 11.8. The fourth-order valence-electron chi connectivity index (χ4n) is 2.35. The van der Waals surface area contributed by atoms with Crippen LogP contribution in [0.2, 0.25) is 0 Å². The van der Waals surface area contributed by atoms with Gasteiger partial charge in [-0.3, -0.25) is 4.79 Å². The standard InChI is InChI=1S/C18H21BrN2O2/c1-3-15(13-8-10-14(19)11-9-13)20-12-18(22)21-16-6-4-5-7-17(16)23-2/h4-11,15,20H,3,12H2,1-2H3,(H,21,22)/t15-/m0/s1. The Bertz CT molecular complexity index is 644. The van der Waals surface area contributed by atoms with E-state index < -0.39 is 0 Å². The van der Waals surface area contributed by atoms with Crippen LogP contribution in [-0.4, -0.2) is 19.6 Å². The molecule has 2 rings (SSSR count). The molecule has 1 atom stereocenters. The molecular weight excluding hydrogens is 356 g/mol. The average Bonchev–Trinajstić information content (AvgIpc) is 2.57. The number of rotatable bonds is 7. The first-order valence-electron chi connectivity index (χ1n) is 7.55. The van der Waals surface area contributed by atoms with Crippen LogP contribution in [-0.2, 0) is 4.79 Å². The minimum absolute atomic E-state index is 0.0925. The smallest absolute Gasteiger partial charge is 0.238 e. The van der Waals surface area contributed by atoms with E-state index in [2.05, 4.69) is 45.6 Å². The number of carbonyl (C=O) groups excluding carboxylic acids is 1. The van der Waals surface area contributed by atoms with Gasteiger partial charge >= 0.3 is 0 Å². The maximum atomic E-state index is 12.1. The number of methoxy groups -OCH3 is 1. The van der Waals surface area contributed by atoms with Crippen LogP contribution in [0.5, 0.6) is 5.75 Å². The Labute approximate surface area is 145 Å². The van der Waals surface area contributed by atoms with E-state index in [-0.39, 0.29) is 18.5 Å². The summed E-state index contributed by atoms with van der Waals surface area (Å²) < 4.78 is 6.28. The van der Waals surface area contributed by atoms with Crippen molar-refractivity contribution in [3.8, 4) is 5.75 Å². The summed E-state index contributed by atoms with van der Waals surface area (Å²) in [5.41, 5.74) is 1.85. The average molecular weight is 377 g/mol. The van der Waals surface area contributed by atoms with E-state index in [9.17, 15) is 4.79 Å². The van der Waals surface area contributed by atoms with Gasteiger partial charge in [-0.2, -0.15) is 0 Å². The highest BCUT2D eigenvalue weighted by Crippen LogP contribution is 2.23. The second-order valence-corrected chi connectivity index (χ2v) is 6.06. The fourth-order valence-corrected chi connectivity index (χ4v) is 2.62. The topological polar surface area (TPSA) is 50.4 Å². The van der Waals surface area contributed by atoms with Crippen molar-refractivity contribution in [1.29, 1.82) is 0 Å². The van der Waals surface area contributed by atoms with Crippen LogP contribution in [0.3, 0.4) is 0 Å². The zero-order chi connectivity index (χ0) is 16.7. The van der Waals surface area contributed by atoms with Crippen molar-refractivity contribution >= 4 is 27.5 Å². The minimum Gasteiger partial charge on any atom is -0.495 e. The molecule has 1 amide bonds. The zero-order valence-corrected chi connectivity index (χ0v) is 14.9. The molecule has 5 heteroatoms. The summed E-state index contributed by atoms with van der Waals surface area (Å²) in [7, 11) is 1.59. The Kier molecular flexibility index (Phi) is 6.62. The highest BCUT2D eigenvalue weighted by molar-refractivity contribution is 9.10. The Morgan fingerprint density at radius 3 is 2.52 bits per heavy atom.